The number of amides is 1. The van der Waals surface area contributed by atoms with E-state index in [2.05, 4.69) is 32.0 Å². The van der Waals surface area contributed by atoms with Gasteiger partial charge in [0.2, 0.25) is 0 Å². The van der Waals surface area contributed by atoms with Gasteiger partial charge in [-0.05, 0) is 71.8 Å². The number of ether oxygens (including phenoxy) is 3. The summed E-state index contributed by atoms with van der Waals surface area (Å²) in [7, 11) is 5.30. The van der Waals surface area contributed by atoms with Crippen molar-refractivity contribution in [3.05, 3.63) is 17.5 Å². The maximum absolute atomic E-state index is 12.6. The van der Waals surface area contributed by atoms with Gasteiger partial charge in [0.05, 0.1) is 18.7 Å². The van der Waals surface area contributed by atoms with Crippen LogP contribution in [0.1, 0.15) is 96.5 Å². The van der Waals surface area contributed by atoms with Crippen LogP contribution < -0.4 is 0 Å². The molecular weight excluding hydrogens is 472 g/mol. The fourth-order valence-electron chi connectivity index (χ4n) is 5.36. The SMILES string of the molecule is COC(=O)[C@H]1CC(c2nn(C3CCCCO3)cc2CN(C)CCN(C)C(=O)OC(C)(C)C)CCC1(C)C. The number of esters is 1. The molecule has 2 unspecified atom stereocenters. The molecule has 2 fully saturated rings. The highest BCUT2D eigenvalue weighted by atomic mass is 16.6. The van der Waals surface area contributed by atoms with Crippen LogP contribution in [-0.2, 0) is 25.5 Å². The molecule has 0 N–H and O–H groups in total. The molecule has 0 spiro atoms. The molecule has 3 rings (SSSR count). The van der Waals surface area contributed by atoms with Crippen LogP contribution in [0.25, 0.3) is 0 Å². The second-order valence-electron chi connectivity index (χ2n) is 12.5. The largest absolute Gasteiger partial charge is 0.469 e. The molecular formula is C28H48N4O5. The van der Waals surface area contributed by atoms with Crippen molar-refractivity contribution in [1.29, 1.82) is 0 Å². The molecule has 210 valence electrons. The Morgan fingerprint density at radius 1 is 1.19 bits per heavy atom. The maximum Gasteiger partial charge on any atom is 0.410 e. The second kappa shape index (κ2) is 12.2. The predicted octanol–water partition coefficient (Wildman–Crippen LogP) is 4.96. The van der Waals surface area contributed by atoms with Crippen LogP contribution in [0.4, 0.5) is 4.79 Å². The molecule has 0 bridgehead atoms. The molecule has 0 aromatic carbocycles. The van der Waals surface area contributed by atoms with Gasteiger partial charge in [-0.1, -0.05) is 13.8 Å². The number of hydrogen-bond acceptors (Lipinski definition) is 7. The molecule has 1 saturated heterocycles. The fourth-order valence-corrected chi connectivity index (χ4v) is 5.36. The highest BCUT2D eigenvalue weighted by molar-refractivity contribution is 5.73. The fraction of sp³-hybridized carbons (Fsp3) is 0.821. The van der Waals surface area contributed by atoms with Crippen molar-refractivity contribution in [1.82, 2.24) is 19.6 Å². The molecule has 2 aliphatic rings. The minimum absolute atomic E-state index is 0.0405. The van der Waals surface area contributed by atoms with Crippen LogP contribution in [0, 0.1) is 11.3 Å². The lowest BCUT2D eigenvalue weighted by molar-refractivity contribution is -0.151. The first-order valence-electron chi connectivity index (χ1n) is 13.7. The molecule has 1 saturated carbocycles. The number of carbonyl (C=O) groups excluding carboxylic acids is 2. The first kappa shape index (κ1) is 29.4. The minimum atomic E-state index is -0.515. The van der Waals surface area contributed by atoms with Crippen LogP contribution in [-0.4, -0.2) is 78.1 Å². The van der Waals surface area contributed by atoms with E-state index in [1.807, 2.05) is 25.5 Å². The first-order valence-corrected chi connectivity index (χ1v) is 13.7. The summed E-state index contributed by atoms with van der Waals surface area (Å²) in [5.41, 5.74) is 1.61. The summed E-state index contributed by atoms with van der Waals surface area (Å²) in [5, 5.41) is 5.07. The maximum atomic E-state index is 12.6. The lowest BCUT2D eigenvalue weighted by Gasteiger charge is -2.40. The van der Waals surface area contributed by atoms with E-state index in [-0.39, 0.29) is 35.5 Å². The smallest absolute Gasteiger partial charge is 0.410 e. The average Bonchev–Trinajstić information content (AvgIpc) is 3.25. The second-order valence-corrected chi connectivity index (χ2v) is 12.5. The summed E-state index contributed by atoms with van der Waals surface area (Å²) in [6.45, 7) is 12.7. The van der Waals surface area contributed by atoms with E-state index in [4.69, 9.17) is 19.3 Å². The number of aromatic nitrogens is 2. The van der Waals surface area contributed by atoms with Crippen molar-refractivity contribution in [3.8, 4) is 0 Å². The zero-order valence-electron chi connectivity index (χ0n) is 24.2. The lowest BCUT2D eigenvalue weighted by Crippen LogP contribution is -2.38. The van der Waals surface area contributed by atoms with Gasteiger partial charge in [0, 0.05) is 51.0 Å². The molecule has 3 atom stereocenters. The van der Waals surface area contributed by atoms with Gasteiger partial charge in [0.15, 0.2) is 0 Å². The van der Waals surface area contributed by atoms with Gasteiger partial charge in [0.25, 0.3) is 0 Å². The lowest BCUT2D eigenvalue weighted by atomic mass is 9.64. The molecule has 9 heteroatoms. The molecule has 1 aromatic heterocycles. The zero-order valence-corrected chi connectivity index (χ0v) is 24.2. The van der Waals surface area contributed by atoms with E-state index in [1.54, 1.807) is 11.9 Å². The van der Waals surface area contributed by atoms with Crippen LogP contribution in [0.15, 0.2) is 6.20 Å². The van der Waals surface area contributed by atoms with E-state index < -0.39 is 5.60 Å². The topological polar surface area (TPSA) is 86.1 Å². The highest BCUT2D eigenvalue weighted by Gasteiger charge is 2.43. The summed E-state index contributed by atoms with van der Waals surface area (Å²) in [5.74, 6) is -0.0937. The van der Waals surface area contributed by atoms with Gasteiger partial charge in [-0.15, -0.1) is 0 Å². The predicted molar refractivity (Wildman–Crippen MR) is 142 cm³/mol. The Morgan fingerprint density at radius 3 is 2.54 bits per heavy atom. The quantitative estimate of drug-likeness (QED) is 0.448. The van der Waals surface area contributed by atoms with Gasteiger partial charge in [0.1, 0.15) is 11.8 Å². The first-order chi connectivity index (χ1) is 17.3. The third-order valence-electron chi connectivity index (χ3n) is 7.73. The Morgan fingerprint density at radius 2 is 1.92 bits per heavy atom. The summed E-state index contributed by atoms with van der Waals surface area (Å²) in [4.78, 5) is 28.8. The van der Waals surface area contributed by atoms with Gasteiger partial charge in [-0.25, -0.2) is 9.48 Å². The summed E-state index contributed by atoms with van der Waals surface area (Å²) in [6, 6.07) is 0. The van der Waals surface area contributed by atoms with Gasteiger partial charge < -0.3 is 24.0 Å². The van der Waals surface area contributed by atoms with Crippen molar-refractivity contribution >= 4 is 12.1 Å². The molecule has 37 heavy (non-hydrogen) atoms. The Bertz CT molecular complexity index is 916. The van der Waals surface area contributed by atoms with Crippen molar-refractivity contribution in [3.63, 3.8) is 0 Å². The van der Waals surface area contributed by atoms with E-state index >= 15 is 0 Å². The normalized spacial score (nSPS) is 24.1. The molecule has 0 radical (unpaired) electrons. The number of nitrogens with zero attached hydrogens (tertiary/aromatic N) is 4. The summed E-state index contributed by atoms with van der Waals surface area (Å²) >= 11 is 0. The molecule has 1 aliphatic heterocycles. The third kappa shape index (κ3) is 7.93. The molecule has 1 aromatic rings. The van der Waals surface area contributed by atoms with Crippen LogP contribution >= 0.6 is 0 Å². The van der Waals surface area contributed by atoms with E-state index in [1.165, 1.54) is 7.11 Å². The number of carbonyl (C=O) groups is 2. The van der Waals surface area contributed by atoms with Gasteiger partial charge >= 0.3 is 12.1 Å². The minimum Gasteiger partial charge on any atom is -0.469 e. The number of rotatable bonds is 8. The van der Waals surface area contributed by atoms with Crippen molar-refractivity contribution in [2.75, 3.05) is 40.9 Å². The Labute approximate surface area is 222 Å². The third-order valence-corrected chi connectivity index (χ3v) is 7.73. The van der Waals surface area contributed by atoms with Gasteiger partial charge in [-0.2, -0.15) is 5.10 Å². The summed E-state index contributed by atoms with van der Waals surface area (Å²) < 4.78 is 18.7. The Balaban J connectivity index is 1.75. The molecule has 9 nitrogen and oxygen atoms in total. The van der Waals surface area contributed by atoms with Crippen LogP contribution in [0.2, 0.25) is 0 Å². The van der Waals surface area contributed by atoms with Crippen LogP contribution in [0.3, 0.4) is 0 Å². The number of methoxy groups -OCH3 is 1. The average molecular weight is 521 g/mol. The highest BCUT2D eigenvalue weighted by Crippen LogP contribution is 2.47. The van der Waals surface area contributed by atoms with E-state index in [0.29, 0.717) is 19.6 Å². The molecule has 1 aliphatic carbocycles. The molecule has 1 amide bonds. The zero-order chi connectivity index (χ0) is 27.4. The van der Waals surface area contributed by atoms with Crippen molar-refractivity contribution in [2.45, 2.75) is 97.4 Å². The Kier molecular flexibility index (Phi) is 9.67. The van der Waals surface area contributed by atoms with E-state index in [0.717, 1.165) is 56.4 Å². The van der Waals surface area contributed by atoms with E-state index in [9.17, 15) is 9.59 Å². The number of hydrogen-bond donors (Lipinski definition) is 0. The molecule has 2 heterocycles. The summed E-state index contributed by atoms with van der Waals surface area (Å²) in [6.07, 6.45) is 7.62. The monoisotopic (exact) mass is 520 g/mol. The number of likely N-dealkylation sites (N-methyl/N-ethyl adjacent to an activating group) is 2. The van der Waals surface area contributed by atoms with Gasteiger partial charge in [-0.3, -0.25) is 4.79 Å². The van der Waals surface area contributed by atoms with Crippen molar-refractivity contribution in [2.24, 2.45) is 11.3 Å². The Hall–Kier alpha value is -2.13. The van der Waals surface area contributed by atoms with Crippen LogP contribution in [0.5, 0.6) is 0 Å². The standard InChI is InChI=1S/C28H48N4O5/c1-27(2,3)37-26(34)31(7)15-14-30(6)18-21-19-32(23-11-9-10-16-36-23)29-24(21)20-12-13-28(4,5)22(17-20)25(33)35-8/h19-20,22-23H,9-18H2,1-8H3/t20?,22-,23?/m1/s1. The van der Waals surface area contributed by atoms with Crippen molar-refractivity contribution < 1.29 is 23.8 Å².